The van der Waals surface area contributed by atoms with Crippen molar-refractivity contribution in [3.8, 4) is 0 Å². The Kier molecular flexibility index (Phi) is 6.73. The lowest BCUT2D eigenvalue weighted by Crippen LogP contribution is -2.28. The highest BCUT2D eigenvalue weighted by molar-refractivity contribution is 7.89. The Morgan fingerprint density at radius 2 is 1.68 bits per heavy atom. The molecule has 0 saturated heterocycles. The maximum absolute atomic E-state index is 12.6. The lowest BCUT2D eigenvalue weighted by molar-refractivity contribution is -0.115. The number of aryl methyl sites for hydroxylation is 1. The minimum absolute atomic E-state index is 0.103. The summed E-state index contributed by atoms with van der Waals surface area (Å²) in [6, 6.07) is 16.3. The van der Waals surface area contributed by atoms with E-state index < -0.39 is 10.0 Å². The van der Waals surface area contributed by atoms with Gasteiger partial charge in [-0.3, -0.25) is 4.79 Å². The van der Waals surface area contributed by atoms with Crippen molar-refractivity contribution in [2.24, 2.45) is 0 Å². The number of carbonyl (C=O) groups excluding carboxylic acids is 1. The van der Waals surface area contributed by atoms with Crippen LogP contribution in [0, 0.1) is 0 Å². The third-order valence-corrected chi connectivity index (χ3v) is 5.82. The van der Waals surface area contributed by atoms with Gasteiger partial charge in [-0.1, -0.05) is 37.3 Å². The molecule has 0 radical (unpaired) electrons. The van der Waals surface area contributed by atoms with E-state index in [1.54, 1.807) is 26.1 Å². The monoisotopic (exact) mass is 360 g/mol. The first-order chi connectivity index (χ1) is 11.9. The van der Waals surface area contributed by atoms with Crippen LogP contribution >= 0.6 is 0 Å². The number of nitrogens with zero attached hydrogens (tertiary/aromatic N) is 1. The highest BCUT2D eigenvalue weighted by atomic mass is 32.2. The van der Waals surface area contributed by atoms with E-state index in [-0.39, 0.29) is 10.8 Å². The Hall–Kier alpha value is -2.18. The molecule has 0 heterocycles. The van der Waals surface area contributed by atoms with Gasteiger partial charge in [0.05, 0.1) is 4.90 Å². The molecular formula is C19H24N2O3S. The van der Waals surface area contributed by atoms with E-state index in [9.17, 15) is 13.2 Å². The van der Waals surface area contributed by atoms with Crippen molar-refractivity contribution in [2.75, 3.05) is 18.9 Å². The quantitative estimate of drug-likeness (QED) is 0.785. The molecule has 134 valence electrons. The molecule has 2 aromatic rings. The highest BCUT2D eigenvalue weighted by Gasteiger charge is 2.20. The smallest absolute Gasteiger partial charge is 0.242 e. The summed E-state index contributed by atoms with van der Waals surface area (Å²) in [5.74, 6) is -0.103. The van der Waals surface area contributed by atoms with Crippen LogP contribution in [0.5, 0.6) is 0 Å². The molecule has 25 heavy (non-hydrogen) atoms. The van der Waals surface area contributed by atoms with Crippen LogP contribution in [0.1, 0.15) is 25.3 Å². The van der Waals surface area contributed by atoms with Gasteiger partial charge in [0, 0.05) is 25.7 Å². The van der Waals surface area contributed by atoms with Gasteiger partial charge in [-0.2, -0.15) is 0 Å². The average molecular weight is 360 g/mol. The van der Waals surface area contributed by atoms with E-state index in [2.05, 4.69) is 5.32 Å². The molecule has 1 N–H and O–H groups in total. The van der Waals surface area contributed by atoms with Crippen molar-refractivity contribution < 1.29 is 13.2 Å². The summed E-state index contributed by atoms with van der Waals surface area (Å²) >= 11 is 0. The average Bonchev–Trinajstić information content (AvgIpc) is 2.62. The fourth-order valence-corrected chi connectivity index (χ4v) is 3.62. The molecule has 0 fully saturated rings. The van der Waals surface area contributed by atoms with Gasteiger partial charge >= 0.3 is 0 Å². The third kappa shape index (κ3) is 5.41. The van der Waals surface area contributed by atoms with E-state index in [1.807, 2.05) is 30.3 Å². The molecule has 6 heteroatoms. The van der Waals surface area contributed by atoms with Gasteiger partial charge in [-0.15, -0.1) is 0 Å². The maximum atomic E-state index is 12.6. The fraction of sp³-hybridized carbons (Fsp3) is 0.316. The van der Waals surface area contributed by atoms with Crippen molar-refractivity contribution in [2.45, 2.75) is 31.1 Å². The summed E-state index contributed by atoms with van der Waals surface area (Å²) < 4.78 is 26.6. The van der Waals surface area contributed by atoms with Crippen LogP contribution in [0.15, 0.2) is 59.5 Å². The van der Waals surface area contributed by atoms with Crippen molar-refractivity contribution in [1.29, 1.82) is 0 Å². The second-order valence-corrected chi connectivity index (χ2v) is 7.89. The van der Waals surface area contributed by atoms with Gasteiger partial charge in [0.15, 0.2) is 0 Å². The van der Waals surface area contributed by atoms with Crippen LogP contribution in [0.2, 0.25) is 0 Å². The van der Waals surface area contributed by atoms with Crippen molar-refractivity contribution in [3.05, 3.63) is 60.2 Å². The zero-order chi connectivity index (χ0) is 18.3. The second-order valence-electron chi connectivity index (χ2n) is 5.84. The summed E-state index contributed by atoms with van der Waals surface area (Å²) in [5.41, 5.74) is 1.79. The predicted octanol–water partition coefficient (Wildman–Crippen LogP) is 3.29. The minimum atomic E-state index is -3.52. The van der Waals surface area contributed by atoms with E-state index in [0.29, 0.717) is 18.7 Å². The summed E-state index contributed by atoms with van der Waals surface area (Å²) in [7, 11) is -1.93. The molecule has 2 rings (SSSR count). The standard InChI is InChI=1S/C19H24N2O3S/c1-3-19(22)20-17-11-13-18(14-12-17)25(23,24)21(2)15-7-10-16-8-5-4-6-9-16/h4-6,8-9,11-14H,3,7,10,15H2,1-2H3,(H,20,22). The van der Waals surface area contributed by atoms with Crippen LogP contribution in [0.3, 0.4) is 0 Å². The van der Waals surface area contributed by atoms with E-state index in [1.165, 1.54) is 22.0 Å². The summed E-state index contributed by atoms with van der Waals surface area (Å²) in [6.45, 7) is 2.21. The van der Waals surface area contributed by atoms with Gasteiger partial charge < -0.3 is 5.32 Å². The topological polar surface area (TPSA) is 66.5 Å². The van der Waals surface area contributed by atoms with Gasteiger partial charge in [0.25, 0.3) is 0 Å². The van der Waals surface area contributed by atoms with Crippen molar-refractivity contribution in [1.82, 2.24) is 4.31 Å². The van der Waals surface area contributed by atoms with Gasteiger partial charge in [-0.25, -0.2) is 12.7 Å². The van der Waals surface area contributed by atoms with Gasteiger partial charge in [0.1, 0.15) is 0 Å². The number of nitrogens with one attached hydrogen (secondary N) is 1. The van der Waals surface area contributed by atoms with Crippen molar-refractivity contribution in [3.63, 3.8) is 0 Å². The number of hydrogen-bond donors (Lipinski definition) is 1. The number of carbonyl (C=O) groups is 1. The molecule has 0 aliphatic heterocycles. The Bertz CT molecular complexity index is 787. The molecule has 0 atom stereocenters. The Morgan fingerprint density at radius 3 is 2.28 bits per heavy atom. The lowest BCUT2D eigenvalue weighted by Gasteiger charge is -2.17. The molecule has 0 aromatic heterocycles. The molecule has 0 unspecified atom stereocenters. The fourth-order valence-electron chi connectivity index (χ4n) is 2.41. The van der Waals surface area contributed by atoms with Crippen LogP contribution in [0.25, 0.3) is 0 Å². The van der Waals surface area contributed by atoms with Crippen molar-refractivity contribution >= 4 is 21.6 Å². The van der Waals surface area contributed by atoms with E-state index in [4.69, 9.17) is 0 Å². The Labute approximate surface area is 149 Å². The number of benzene rings is 2. The maximum Gasteiger partial charge on any atom is 0.242 e. The number of sulfonamides is 1. The van der Waals surface area contributed by atoms with Gasteiger partial charge in [-0.05, 0) is 42.7 Å². The van der Waals surface area contributed by atoms with Crippen LogP contribution in [-0.2, 0) is 21.2 Å². The summed E-state index contributed by atoms with van der Waals surface area (Å²) in [5, 5.41) is 2.70. The molecule has 0 saturated carbocycles. The summed E-state index contributed by atoms with van der Waals surface area (Å²) in [4.78, 5) is 11.6. The van der Waals surface area contributed by atoms with Crippen LogP contribution < -0.4 is 5.32 Å². The number of amides is 1. The normalized spacial score (nSPS) is 11.5. The first kappa shape index (κ1) is 19.1. The number of anilines is 1. The Balaban J connectivity index is 1.96. The molecule has 0 bridgehead atoms. The number of hydrogen-bond acceptors (Lipinski definition) is 3. The first-order valence-corrected chi connectivity index (χ1v) is 9.77. The number of rotatable bonds is 8. The van der Waals surface area contributed by atoms with Crippen LogP contribution in [-0.4, -0.2) is 32.2 Å². The zero-order valence-corrected chi connectivity index (χ0v) is 15.4. The molecule has 0 aliphatic carbocycles. The molecule has 0 aliphatic rings. The third-order valence-electron chi connectivity index (χ3n) is 3.95. The van der Waals surface area contributed by atoms with E-state index in [0.717, 1.165) is 12.8 Å². The SMILES string of the molecule is CCC(=O)Nc1ccc(S(=O)(=O)N(C)CCCc2ccccc2)cc1. The zero-order valence-electron chi connectivity index (χ0n) is 14.6. The second kappa shape index (κ2) is 8.78. The Morgan fingerprint density at radius 1 is 1.04 bits per heavy atom. The lowest BCUT2D eigenvalue weighted by atomic mass is 10.1. The summed E-state index contributed by atoms with van der Waals surface area (Å²) in [6.07, 6.45) is 1.97. The molecule has 2 aromatic carbocycles. The molecule has 5 nitrogen and oxygen atoms in total. The highest BCUT2D eigenvalue weighted by Crippen LogP contribution is 2.18. The minimum Gasteiger partial charge on any atom is -0.326 e. The van der Waals surface area contributed by atoms with Gasteiger partial charge in [0.2, 0.25) is 15.9 Å². The molecular weight excluding hydrogens is 336 g/mol. The van der Waals surface area contributed by atoms with E-state index >= 15 is 0 Å². The largest absolute Gasteiger partial charge is 0.326 e. The van der Waals surface area contributed by atoms with Crippen LogP contribution in [0.4, 0.5) is 5.69 Å². The predicted molar refractivity (Wildman–Crippen MR) is 99.9 cm³/mol. The molecule has 0 spiro atoms. The molecule has 1 amide bonds. The first-order valence-electron chi connectivity index (χ1n) is 8.33.